The van der Waals surface area contributed by atoms with Crippen LogP contribution in [0.1, 0.15) is 37.1 Å². The number of anilines is 1. The first-order chi connectivity index (χ1) is 14.1. The SMILES string of the molecule is CN=C(NCCCCn1ccnc1C)NC1CCCN(c2cc(C)ccc2F)C1.I. The van der Waals surface area contributed by atoms with Crippen LogP contribution in [0.5, 0.6) is 0 Å². The number of imidazole rings is 1. The first kappa shape index (κ1) is 24.4. The van der Waals surface area contributed by atoms with Crippen LogP contribution < -0.4 is 15.5 Å². The molecule has 0 saturated carbocycles. The first-order valence-corrected chi connectivity index (χ1v) is 10.5. The molecule has 1 fully saturated rings. The molecule has 1 aromatic carbocycles. The second kappa shape index (κ2) is 12.1. The zero-order valence-corrected chi connectivity index (χ0v) is 20.5. The number of aliphatic imine (C=N–C) groups is 1. The molecular formula is C22H34FIN6. The minimum atomic E-state index is -0.146. The smallest absolute Gasteiger partial charge is 0.191 e. The predicted molar refractivity (Wildman–Crippen MR) is 132 cm³/mol. The third-order valence-electron chi connectivity index (χ3n) is 5.47. The van der Waals surface area contributed by atoms with Gasteiger partial charge in [-0.3, -0.25) is 4.99 Å². The summed E-state index contributed by atoms with van der Waals surface area (Å²) in [4.78, 5) is 10.8. The standard InChI is InChI=1S/C22H33FN6.HI/c1-17-8-9-20(23)21(15-17)29-13-6-7-19(16-29)27-22(24-3)26-10-4-5-12-28-14-11-25-18(28)2;/h8-9,11,14-15,19H,4-7,10,12-13,16H2,1-3H3,(H2,24,26,27);1H. The minimum absolute atomic E-state index is 0. The number of aryl methyl sites for hydroxylation is 3. The van der Waals surface area contributed by atoms with Crippen LogP contribution in [0.2, 0.25) is 0 Å². The Morgan fingerprint density at radius 2 is 2.13 bits per heavy atom. The first-order valence-electron chi connectivity index (χ1n) is 10.5. The number of piperidine rings is 1. The highest BCUT2D eigenvalue weighted by atomic mass is 127. The van der Waals surface area contributed by atoms with E-state index in [1.54, 1.807) is 13.1 Å². The summed E-state index contributed by atoms with van der Waals surface area (Å²) in [5.74, 6) is 1.73. The molecule has 1 atom stereocenters. The molecular weight excluding hydrogens is 494 g/mol. The van der Waals surface area contributed by atoms with E-state index in [1.807, 2.05) is 38.4 Å². The van der Waals surface area contributed by atoms with Gasteiger partial charge in [0, 0.05) is 51.7 Å². The van der Waals surface area contributed by atoms with Crippen molar-refractivity contribution in [2.24, 2.45) is 4.99 Å². The van der Waals surface area contributed by atoms with Crippen molar-refractivity contribution in [2.45, 2.75) is 52.1 Å². The molecule has 2 heterocycles. The van der Waals surface area contributed by atoms with Gasteiger partial charge in [-0.05, 0) is 57.2 Å². The second-order valence-electron chi connectivity index (χ2n) is 7.76. The lowest BCUT2D eigenvalue weighted by Gasteiger charge is -2.35. The molecule has 1 aromatic heterocycles. The number of nitrogens with zero attached hydrogens (tertiary/aromatic N) is 4. The summed E-state index contributed by atoms with van der Waals surface area (Å²) in [7, 11) is 1.80. The molecule has 0 amide bonds. The molecule has 0 bridgehead atoms. The van der Waals surface area contributed by atoms with Gasteiger partial charge in [-0.1, -0.05) is 6.07 Å². The lowest BCUT2D eigenvalue weighted by molar-refractivity contribution is 0.462. The molecule has 1 saturated heterocycles. The summed E-state index contributed by atoms with van der Waals surface area (Å²) >= 11 is 0. The Balaban J connectivity index is 0.00000320. The lowest BCUT2D eigenvalue weighted by atomic mass is 10.0. The Labute approximate surface area is 196 Å². The van der Waals surface area contributed by atoms with Crippen molar-refractivity contribution in [2.75, 3.05) is 31.6 Å². The largest absolute Gasteiger partial charge is 0.367 e. The van der Waals surface area contributed by atoms with Crippen molar-refractivity contribution in [1.82, 2.24) is 20.2 Å². The topological polar surface area (TPSA) is 57.5 Å². The molecule has 8 heteroatoms. The lowest BCUT2D eigenvalue weighted by Crippen LogP contribution is -2.51. The number of nitrogens with one attached hydrogen (secondary N) is 2. The number of hydrogen-bond acceptors (Lipinski definition) is 3. The maximum Gasteiger partial charge on any atom is 0.191 e. The minimum Gasteiger partial charge on any atom is -0.367 e. The fraction of sp³-hybridized carbons (Fsp3) is 0.545. The van der Waals surface area contributed by atoms with Crippen molar-refractivity contribution in [1.29, 1.82) is 0 Å². The van der Waals surface area contributed by atoms with Crippen LogP contribution in [-0.4, -0.2) is 48.2 Å². The third kappa shape index (κ3) is 6.85. The van der Waals surface area contributed by atoms with Crippen LogP contribution in [0.15, 0.2) is 35.6 Å². The van der Waals surface area contributed by atoms with Crippen LogP contribution in [0.4, 0.5) is 10.1 Å². The number of guanidine groups is 1. The number of halogens is 2. The van der Waals surface area contributed by atoms with E-state index in [0.29, 0.717) is 5.69 Å². The summed E-state index contributed by atoms with van der Waals surface area (Å²) in [6, 6.07) is 5.57. The zero-order valence-electron chi connectivity index (χ0n) is 18.2. The fourth-order valence-corrected chi connectivity index (χ4v) is 3.82. The van der Waals surface area contributed by atoms with E-state index in [0.717, 1.165) is 69.2 Å². The number of aromatic nitrogens is 2. The Morgan fingerprint density at radius 3 is 2.87 bits per heavy atom. The average molecular weight is 528 g/mol. The van der Waals surface area contributed by atoms with Crippen LogP contribution in [0.3, 0.4) is 0 Å². The molecule has 1 aliphatic rings. The van der Waals surface area contributed by atoms with Gasteiger partial charge in [0.15, 0.2) is 5.96 Å². The van der Waals surface area contributed by atoms with E-state index in [9.17, 15) is 4.39 Å². The average Bonchev–Trinajstić information content (AvgIpc) is 3.13. The molecule has 0 radical (unpaired) electrons. The quantitative estimate of drug-likeness (QED) is 0.248. The van der Waals surface area contributed by atoms with Gasteiger partial charge < -0.3 is 20.1 Å². The van der Waals surface area contributed by atoms with Gasteiger partial charge in [0.25, 0.3) is 0 Å². The molecule has 3 rings (SSSR count). The Bertz CT molecular complexity index is 822. The Morgan fingerprint density at radius 1 is 1.30 bits per heavy atom. The van der Waals surface area contributed by atoms with Crippen molar-refractivity contribution < 1.29 is 4.39 Å². The zero-order chi connectivity index (χ0) is 20.6. The maximum absolute atomic E-state index is 14.3. The van der Waals surface area contributed by atoms with Crippen molar-refractivity contribution >= 4 is 35.6 Å². The molecule has 2 aromatic rings. The molecule has 166 valence electrons. The third-order valence-corrected chi connectivity index (χ3v) is 5.47. The van der Waals surface area contributed by atoms with Gasteiger partial charge in [0.1, 0.15) is 11.6 Å². The number of hydrogen-bond donors (Lipinski definition) is 2. The second-order valence-corrected chi connectivity index (χ2v) is 7.76. The van der Waals surface area contributed by atoms with Crippen LogP contribution in [0, 0.1) is 19.7 Å². The van der Waals surface area contributed by atoms with Gasteiger partial charge >= 0.3 is 0 Å². The number of unbranched alkanes of at least 4 members (excludes halogenated alkanes) is 1. The number of benzene rings is 1. The number of rotatable bonds is 7. The van der Waals surface area contributed by atoms with Crippen molar-refractivity contribution in [3.05, 3.63) is 47.8 Å². The van der Waals surface area contributed by atoms with E-state index in [-0.39, 0.29) is 35.8 Å². The summed E-state index contributed by atoms with van der Waals surface area (Å²) < 4.78 is 16.4. The van der Waals surface area contributed by atoms with Gasteiger partial charge in [-0.25, -0.2) is 9.37 Å². The summed E-state index contributed by atoms with van der Waals surface area (Å²) in [6.07, 6.45) is 8.11. The monoisotopic (exact) mass is 528 g/mol. The predicted octanol–water partition coefficient (Wildman–Crippen LogP) is 3.87. The van der Waals surface area contributed by atoms with Gasteiger partial charge in [-0.2, -0.15) is 0 Å². The van der Waals surface area contributed by atoms with Crippen LogP contribution >= 0.6 is 24.0 Å². The highest BCUT2D eigenvalue weighted by molar-refractivity contribution is 14.0. The highest BCUT2D eigenvalue weighted by Crippen LogP contribution is 2.24. The fourth-order valence-electron chi connectivity index (χ4n) is 3.82. The molecule has 6 nitrogen and oxygen atoms in total. The molecule has 0 aliphatic carbocycles. The normalized spacial score (nSPS) is 16.9. The Hall–Kier alpha value is -1.84. The van der Waals surface area contributed by atoms with Crippen LogP contribution in [0.25, 0.3) is 0 Å². The summed E-state index contributed by atoms with van der Waals surface area (Å²) in [6.45, 7) is 7.55. The van der Waals surface area contributed by atoms with E-state index < -0.39 is 0 Å². The van der Waals surface area contributed by atoms with Crippen molar-refractivity contribution in [3.63, 3.8) is 0 Å². The molecule has 1 aliphatic heterocycles. The maximum atomic E-state index is 14.3. The summed E-state index contributed by atoms with van der Waals surface area (Å²) in [5.41, 5.74) is 1.79. The highest BCUT2D eigenvalue weighted by Gasteiger charge is 2.22. The molecule has 30 heavy (non-hydrogen) atoms. The van der Waals surface area contributed by atoms with Crippen LogP contribution in [-0.2, 0) is 6.54 Å². The van der Waals surface area contributed by atoms with Gasteiger partial charge in [0.05, 0.1) is 5.69 Å². The van der Waals surface area contributed by atoms with Gasteiger partial charge in [-0.15, -0.1) is 24.0 Å². The molecule has 0 spiro atoms. The van der Waals surface area contributed by atoms with Gasteiger partial charge in [0.2, 0.25) is 0 Å². The Kier molecular flexibility index (Phi) is 9.87. The van der Waals surface area contributed by atoms with E-state index in [2.05, 4.69) is 30.1 Å². The molecule has 2 N–H and O–H groups in total. The molecule has 1 unspecified atom stereocenters. The van der Waals surface area contributed by atoms with Crippen molar-refractivity contribution in [3.8, 4) is 0 Å². The van der Waals surface area contributed by atoms with E-state index >= 15 is 0 Å². The van der Waals surface area contributed by atoms with E-state index in [1.165, 1.54) is 0 Å². The van der Waals surface area contributed by atoms with E-state index in [4.69, 9.17) is 0 Å². The summed E-state index contributed by atoms with van der Waals surface area (Å²) in [5, 5.41) is 6.92.